The third kappa shape index (κ3) is 5.65. The lowest BCUT2D eigenvalue weighted by atomic mass is 10.2. The Balaban J connectivity index is 1.44. The highest BCUT2D eigenvalue weighted by Gasteiger charge is 2.22. The van der Waals surface area contributed by atoms with E-state index >= 15 is 0 Å². The molecule has 162 valence electrons. The van der Waals surface area contributed by atoms with E-state index in [2.05, 4.69) is 15.5 Å². The first kappa shape index (κ1) is 21.9. The molecule has 0 saturated heterocycles. The van der Waals surface area contributed by atoms with Crippen LogP contribution < -0.4 is 5.32 Å². The number of esters is 1. The molecule has 2 amide bonds. The highest BCUT2D eigenvalue weighted by atomic mass is 19.1. The molecule has 1 atom stereocenters. The van der Waals surface area contributed by atoms with Crippen LogP contribution in [0.4, 0.5) is 4.39 Å². The van der Waals surface area contributed by atoms with Crippen LogP contribution in [0.25, 0.3) is 10.9 Å². The van der Waals surface area contributed by atoms with E-state index in [1.165, 1.54) is 24.0 Å². The summed E-state index contributed by atoms with van der Waals surface area (Å²) in [5.41, 5.74) is 1.61. The lowest BCUT2D eigenvalue weighted by Crippen LogP contribution is -2.37. The van der Waals surface area contributed by atoms with Crippen molar-refractivity contribution in [1.29, 1.82) is 0 Å². The molecule has 0 radical (unpaired) electrons. The van der Waals surface area contributed by atoms with Crippen molar-refractivity contribution in [2.75, 3.05) is 13.6 Å². The number of carbonyl (C=O) groups excluding carboxylic acids is 3. The Labute approximate surface area is 178 Å². The maximum absolute atomic E-state index is 13.3. The summed E-state index contributed by atoms with van der Waals surface area (Å²) in [6.07, 6.45) is -1.10. The maximum atomic E-state index is 13.3. The minimum atomic E-state index is -1.00. The van der Waals surface area contributed by atoms with Gasteiger partial charge in [0.15, 0.2) is 11.8 Å². The number of nitrogens with zero attached hydrogens (tertiary/aromatic N) is 2. The van der Waals surface area contributed by atoms with Gasteiger partial charge in [0.05, 0.1) is 11.9 Å². The summed E-state index contributed by atoms with van der Waals surface area (Å²) in [5, 5.41) is 10.1. The second kappa shape index (κ2) is 9.84. The zero-order chi connectivity index (χ0) is 22.4. The smallest absolute Gasteiger partial charge is 0.308 e. The van der Waals surface area contributed by atoms with E-state index in [0.29, 0.717) is 10.9 Å². The molecule has 0 aliphatic carbocycles. The van der Waals surface area contributed by atoms with Crippen molar-refractivity contribution < 1.29 is 23.5 Å². The van der Waals surface area contributed by atoms with Crippen molar-refractivity contribution in [1.82, 2.24) is 20.4 Å². The molecule has 0 spiro atoms. The number of ether oxygens (including phenoxy) is 1. The molecule has 8 nitrogen and oxygen atoms in total. The van der Waals surface area contributed by atoms with E-state index in [9.17, 15) is 18.8 Å². The van der Waals surface area contributed by atoms with Crippen molar-refractivity contribution in [3.8, 4) is 0 Å². The van der Waals surface area contributed by atoms with E-state index in [-0.39, 0.29) is 31.0 Å². The molecular weight excluding hydrogens is 403 g/mol. The average molecular weight is 426 g/mol. The predicted octanol–water partition coefficient (Wildman–Crippen LogP) is 2.41. The fourth-order valence-electron chi connectivity index (χ4n) is 3.10. The van der Waals surface area contributed by atoms with Crippen LogP contribution in [0.1, 0.15) is 29.4 Å². The molecule has 2 N–H and O–H groups in total. The van der Waals surface area contributed by atoms with Gasteiger partial charge in [0.25, 0.3) is 11.8 Å². The molecule has 2 aromatic carbocycles. The fraction of sp³-hybridized carbons (Fsp3) is 0.273. The van der Waals surface area contributed by atoms with Crippen LogP contribution in [0, 0.1) is 5.82 Å². The number of fused-ring (bicyclic) bond motifs is 1. The summed E-state index contributed by atoms with van der Waals surface area (Å²) < 4.78 is 18.4. The van der Waals surface area contributed by atoms with Crippen molar-refractivity contribution in [3.05, 3.63) is 65.6 Å². The minimum Gasteiger partial charge on any atom is -0.452 e. The highest BCUT2D eigenvalue weighted by Crippen LogP contribution is 2.14. The van der Waals surface area contributed by atoms with Gasteiger partial charge in [0.1, 0.15) is 5.82 Å². The van der Waals surface area contributed by atoms with Crippen LogP contribution in [-0.2, 0) is 20.9 Å². The van der Waals surface area contributed by atoms with Crippen molar-refractivity contribution >= 4 is 28.7 Å². The summed E-state index contributed by atoms with van der Waals surface area (Å²) in [5.74, 6) is -1.83. The van der Waals surface area contributed by atoms with E-state index in [1.807, 2.05) is 6.07 Å². The molecule has 3 aromatic rings. The molecule has 1 unspecified atom stereocenters. The Bertz CT molecular complexity index is 1100. The Morgan fingerprint density at radius 1 is 1.19 bits per heavy atom. The predicted molar refractivity (Wildman–Crippen MR) is 111 cm³/mol. The van der Waals surface area contributed by atoms with Gasteiger partial charge in [-0.1, -0.05) is 30.3 Å². The summed E-state index contributed by atoms with van der Waals surface area (Å²) >= 11 is 0. The van der Waals surface area contributed by atoms with Crippen LogP contribution >= 0.6 is 0 Å². The van der Waals surface area contributed by atoms with Gasteiger partial charge in [-0.25, -0.2) is 4.39 Å². The SMILES string of the molecule is CC(OC(=O)CCNC(=O)c1n[nH]c2ccccc12)C(=O)N(C)Cc1cccc(F)c1. The first-order valence-corrected chi connectivity index (χ1v) is 9.75. The number of likely N-dealkylation sites (N-methyl/N-ethyl adjacent to an activating group) is 1. The first-order valence-electron chi connectivity index (χ1n) is 9.75. The topological polar surface area (TPSA) is 104 Å². The van der Waals surface area contributed by atoms with E-state index in [0.717, 1.165) is 5.52 Å². The Morgan fingerprint density at radius 2 is 1.97 bits per heavy atom. The summed E-state index contributed by atoms with van der Waals surface area (Å²) in [6.45, 7) is 1.70. The van der Waals surface area contributed by atoms with Gasteiger partial charge in [0.2, 0.25) is 0 Å². The number of H-pyrrole nitrogens is 1. The van der Waals surface area contributed by atoms with Crippen molar-refractivity contribution in [2.45, 2.75) is 26.0 Å². The fourth-order valence-corrected chi connectivity index (χ4v) is 3.10. The number of hydrogen-bond acceptors (Lipinski definition) is 5. The Morgan fingerprint density at radius 3 is 2.74 bits per heavy atom. The van der Waals surface area contributed by atoms with Gasteiger partial charge in [-0.05, 0) is 30.7 Å². The molecule has 3 rings (SSSR count). The number of benzene rings is 2. The van der Waals surface area contributed by atoms with E-state index in [1.54, 1.807) is 37.4 Å². The van der Waals surface area contributed by atoms with Gasteiger partial charge >= 0.3 is 5.97 Å². The summed E-state index contributed by atoms with van der Waals surface area (Å²) in [6, 6.07) is 13.1. The Hall–Kier alpha value is -3.75. The van der Waals surface area contributed by atoms with Gasteiger partial charge in [-0.15, -0.1) is 0 Å². The standard InChI is InChI=1S/C22H23FN4O4/c1-14(22(30)27(2)13-15-6-5-7-16(23)12-15)31-19(28)10-11-24-21(29)20-17-8-3-4-9-18(17)25-26-20/h3-9,12,14H,10-11,13H2,1-2H3,(H,24,29)(H,25,26). The lowest BCUT2D eigenvalue weighted by molar-refractivity contribution is -0.158. The molecule has 1 heterocycles. The van der Waals surface area contributed by atoms with Crippen molar-refractivity contribution in [3.63, 3.8) is 0 Å². The second-order valence-electron chi connectivity index (χ2n) is 7.08. The zero-order valence-electron chi connectivity index (χ0n) is 17.2. The summed E-state index contributed by atoms with van der Waals surface area (Å²) in [7, 11) is 1.55. The quantitative estimate of drug-likeness (QED) is 0.539. The number of hydrogen-bond donors (Lipinski definition) is 2. The third-order valence-electron chi connectivity index (χ3n) is 4.64. The van der Waals surface area contributed by atoms with E-state index < -0.39 is 23.9 Å². The number of nitrogens with one attached hydrogen (secondary N) is 2. The molecule has 0 aliphatic rings. The Kier molecular flexibility index (Phi) is 6.96. The number of rotatable bonds is 8. The normalized spacial score (nSPS) is 11.7. The third-order valence-corrected chi connectivity index (χ3v) is 4.64. The monoisotopic (exact) mass is 426 g/mol. The number of amides is 2. The number of aromatic nitrogens is 2. The molecule has 31 heavy (non-hydrogen) atoms. The van der Waals surface area contributed by atoms with Gasteiger partial charge < -0.3 is 15.0 Å². The number of para-hydroxylation sites is 1. The van der Waals surface area contributed by atoms with Crippen LogP contribution in [0.2, 0.25) is 0 Å². The van der Waals surface area contributed by atoms with Gasteiger partial charge in [0, 0.05) is 25.5 Å². The molecule has 0 aliphatic heterocycles. The van der Waals surface area contributed by atoms with Crippen LogP contribution in [0.3, 0.4) is 0 Å². The summed E-state index contributed by atoms with van der Waals surface area (Å²) in [4.78, 5) is 38.1. The molecule has 0 bridgehead atoms. The highest BCUT2D eigenvalue weighted by molar-refractivity contribution is 6.04. The molecular formula is C22H23FN4O4. The molecule has 0 saturated carbocycles. The number of aromatic amines is 1. The van der Waals surface area contributed by atoms with Crippen molar-refractivity contribution in [2.24, 2.45) is 0 Å². The minimum absolute atomic E-state index is 0.0406. The zero-order valence-corrected chi connectivity index (χ0v) is 17.2. The second-order valence-corrected chi connectivity index (χ2v) is 7.08. The molecule has 0 fully saturated rings. The molecule has 1 aromatic heterocycles. The largest absolute Gasteiger partial charge is 0.452 e. The molecule has 9 heteroatoms. The van der Waals surface area contributed by atoms with Crippen LogP contribution in [0.5, 0.6) is 0 Å². The number of carbonyl (C=O) groups is 3. The average Bonchev–Trinajstić information content (AvgIpc) is 3.17. The first-order chi connectivity index (χ1) is 14.8. The number of halogens is 1. The van der Waals surface area contributed by atoms with Crippen LogP contribution in [0.15, 0.2) is 48.5 Å². The van der Waals surface area contributed by atoms with Crippen LogP contribution in [-0.4, -0.2) is 52.6 Å². The van der Waals surface area contributed by atoms with E-state index in [4.69, 9.17) is 4.74 Å². The van der Waals surface area contributed by atoms with Gasteiger partial charge in [-0.2, -0.15) is 5.10 Å². The maximum Gasteiger partial charge on any atom is 0.308 e. The lowest BCUT2D eigenvalue weighted by Gasteiger charge is -2.21. The van der Waals surface area contributed by atoms with Gasteiger partial charge in [-0.3, -0.25) is 19.5 Å².